The van der Waals surface area contributed by atoms with Crippen molar-refractivity contribution in [3.8, 4) is 5.75 Å². The molecule has 126 valence electrons. The van der Waals surface area contributed by atoms with Crippen LogP contribution in [0.25, 0.3) is 0 Å². The number of phenolic OH excluding ortho intramolecular Hbond substituents is 1. The van der Waals surface area contributed by atoms with Crippen LogP contribution < -0.4 is 15.1 Å². The molecule has 2 aromatic rings. The van der Waals surface area contributed by atoms with E-state index >= 15 is 0 Å². The number of benzene rings is 2. The fourth-order valence-electron chi connectivity index (χ4n) is 2.97. The van der Waals surface area contributed by atoms with Gasteiger partial charge in [-0.2, -0.15) is 0 Å². The predicted octanol–water partition coefficient (Wildman–Crippen LogP) is 1.39. The first-order chi connectivity index (χ1) is 11.6. The van der Waals surface area contributed by atoms with Gasteiger partial charge in [0.25, 0.3) is 5.91 Å². The lowest BCUT2D eigenvalue weighted by Crippen LogP contribution is -3.15. The minimum Gasteiger partial charge on any atom is -0.506 e. The van der Waals surface area contributed by atoms with Crippen LogP contribution in [0.4, 0.5) is 11.4 Å². The molecule has 1 saturated heterocycles. The van der Waals surface area contributed by atoms with E-state index in [9.17, 15) is 9.90 Å². The van der Waals surface area contributed by atoms with Gasteiger partial charge in [-0.3, -0.25) is 4.79 Å². The van der Waals surface area contributed by atoms with Crippen LogP contribution in [0.5, 0.6) is 5.75 Å². The summed E-state index contributed by atoms with van der Waals surface area (Å²) >= 11 is 5.92. The molecule has 1 heterocycles. The standard InChI is InChI=1S/C18H20ClN3O2/c19-14-4-3-5-15(12-14)20-18(24)13-21-8-10-22(11-9-21)16-6-1-2-7-17(16)23/h1-7,12,23H,8-11,13H2,(H,20,24)/p+1. The molecule has 3 N–H and O–H groups in total. The third-order valence-electron chi connectivity index (χ3n) is 4.21. The second-order valence-corrected chi connectivity index (χ2v) is 6.40. The molecule has 1 amide bonds. The number of hydrogen-bond acceptors (Lipinski definition) is 3. The largest absolute Gasteiger partial charge is 0.506 e. The molecule has 6 heteroatoms. The number of carbonyl (C=O) groups excluding carboxylic acids is 1. The Morgan fingerprint density at radius 1 is 1.17 bits per heavy atom. The minimum atomic E-state index is -0.0109. The van der Waals surface area contributed by atoms with Gasteiger partial charge in [0.15, 0.2) is 6.54 Å². The van der Waals surface area contributed by atoms with Crippen molar-refractivity contribution in [2.24, 2.45) is 0 Å². The smallest absolute Gasteiger partial charge is 0.279 e. The lowest BCUT2D eigenvalue weighted by molar-refractivity contribution is -0.892. The van der Waals surface area contributed by atoms with Crippen molar-refractivity contribution in [1.29, 1.82) is 0 Å². The van der Waals surface area contributed by atoms with E-state index in [4.69, 9.17) is 11.6 Å². The van der Waals surface area contributed by atoms with Crippen LogP contribution in [0.15, 0.2) is 48.5 Å². The second-order valence-electron chi connectivity index (χ2n) is 5.96. The molecule has 3 rings (SSSR count). The summed E-state index contributed by atoms with van der Waals surface area (Å²) < 4.78 is 0. The Morgan fingerprint density at radius 3 is 2.62 bits per heavy atom. The lowest BCUT2D eigenvalue weighted by atomic mass is 10.2. The average molecular weight is 347 g/mol. The number of amides is 1. The van der Waals surface area contributed by atoms with Crippen molar-refractivity contribution < 1.29 is 14.8 Å². The molecular formula is C18H21ClN3O2+. The first-order valence-electron chi connectivity index (χ1n) is 8.04. The zero-order valence-electron chi connectivity index (χ0n) is 13.3. The molecule has 1 aliphatic rings. The Kier molecular flexibility index (Phi) is 5.23. The highest BCUT2D eigenvalue weighted by Gasteiger charge is 2.23. The van der Waals surface area contributed by atoms with Gasteiger partial charge in [0.1, 0.15) is 5.75 Å². The molecule has 0 bridgehead atoms. The van der Waals surface area contributed by atoms with E-state index in [1.165, 1.54) is 4.90 Å². The summed E-state index contributed by atoms with van der Waals surface area (Å²) in [6, 6.07) is 14.5. The van der Waals surface area contributed by atoms with Crippen molar-refractivity contribution in [3.05, 3.63) is 53.6 Å². The maximum atomic E-state index is 12.2. The molecule has 0 aliphatic carbocycles. The van der Waals surface area contributed by atoms with E-state index in [-0.39, 0.29) is 5.91 Å². The maximum absolute atomic E-state index is 12.2. The quantitative estimate of drug-likeness (QED) is 0.784. The fraction of sp³-hybridized carbons (Fsp3) is 0.278. The van der Waals surface area contributed by atoms with Gasteiger partial charge < -0.3 is 20.2 Å². The molecule has 24 heavy (non-hydrogen) atoms. The van der Waals surface area contributed by atoms with Crippen LogP contribution in [-0.4, -0.2) is 43.7 Å². The van der Waals surface area contributed by atoms with Crippen molar-refractivity contribution in [1.82, 2.24) is 0 Å². The van der Waals surface area contributed by atoms with Crippen LogP contribution in [0.1, 0.15) is 0 Å². The zero-order chi connectivity index (χ0) is 16.9. The molecule has 0 spiro atoms. The Balaban J connectivity index is 1.50. The van der Waals surface area contributed by atoms with E-state index in [1.807, 2.05) is 30.3 Å². The number of quaternary nitrogens is 1. The summed E-state index contributed by atoms with van der Waals surface area (Å²) in [5, 5.41) is 13.4. The normalized spacial score (nSPS) is 15.3. The highest BCUT2D eigenvalue weighted by atomic mass is 35.5. The molecule has 1 aliphatic heterocycles. The van der Waals surface area contributed by atoms with Gasteiger partial charge in [0.2, 0.25) is 0 Å². The number of halogens is 1. The lowest BCUT2D eigenvalue weighted by Gasteiger charge is -2.33. The molecule has 0 aromatic heterocycles. The molecule has 1 fully saturated rings. The summed E-state index contributed by atoms with van der Waals surface area (Å²) in [6.45, 7) is 3.78. The van der Waals surface area contributed by atoms with Crippen LogP contribution in [0, 0.1) is 0 Å². The number of nitrogens with zero attached hydrogens (tertiary/aromatic N) is 1. The summed E-state index contributed by atoms with van der Waals surface area (Å²) in [7, 11) is 0. The molecule has 0 radical (unpaired) electrons. The van der Waals surface area contributed by atoms with Crippen molar-refractivity contribution >= 4 is 28.9 Å². The number of anilines is 2. The van der Waals surface area contributed by atoms with Gasteiger partial charge in [-0.15, -0.1) is 0 Å². The number of hydrogen-bond donors (Lipinski definition) is 3. The van der Waals surface area contributed by atoms with E-state index < -0.39 is 0 Å². The van der Waals surface area contributed by atoms with E-state index in [1.54, 1.807) is 18.2 Å². The van der Waals surface area contributed by atoms with E-state index in [0.717, 1.165) is 37.6 Å². The van der Waals surface area contributed by atoms with Gasteiger partial charge in [-0.1, -0.05) is 29.8 Å². The first-order valence-corrected chi connectivity index (χ1v) is 8.41. The van der Waals surface area contributed by atoms with Crippen molar-refractivity contribution in [3.63, 3.8) is 0 Å². The summed E-state index contributed by atoms with van der Waals surface area (Å²) in [4.78, 5) is 15.6. The third kappa shape index (κ3) is 4.19. The number of carbonyl (C=O) groups is 1. The summed E-state index contributed by atoms with van der Waals surface area (Å²) in [5.41, 5.74) is 1.58. The molecule has 2 aromatic carbocycles. The van der Waals surface area contributed by atoms with Gasteiger partial charge >= 0.3 is 0 Å². The highest BCUT2D eigenvalue weighted by molar-refractivity contribution is 6.30. The Bertz CT molecular complexity index is 715. The highest BCUT2D eigenvalue weighted by Crippen LogP contribution is 2.25. The molecule has 0 unspecified atom stereocenters. The Morgan fingerprint density at radius 2 is 1.92 bits per heavy atom. The molecular weight excluding hydrogens is 326 g/mol. The maximum Gasteiger partial charge on any atom is 0.279 e. The number of rotatable bonds is 4. The SMILES string of the molecule is O=C(C[NH+]1CCN(c2ccccc2O)CC1)Nc1cccc(Cl)c1. The number of para-hydroxylation sites is 2. The summed E-state index contributed by atoms with van der Waals surface area (Å²) in [5.74, 6) is 0.294. The predicted molar refractivity (Wildman–Crippen MR) is 96.0 cm³/mol. The van der Waals surface area contributed by atoms with Crippen LogP contribution >= 0.6 is 11.6 Å². The van der Waals surface area contributed by atoms with Gasteiger partial charge in [-0.05, 0) is 30.3 Å². The first kappa shape index (κ1) is 16.6. The number of aromatic hydroxyl groups is 1. The van der Waals surface area contributed by atoms with Crippen LogP contribution in [0.2, 0.25) is 5.02 Å². The molecule has 5 nitrogen and oxygen atoms in total. The molecule has 0 saturated carbocycles. The zero-order valence-corrected chi connectivity index (χ0v) is 14.1. The van der Waals surface area contributed by atoms with E-state index in [0.29, 0.717) is 17.3 Å². The topological polar surface area (TPSA) is 57.0 Å². The fourth-order valence-corrected chi connectivity index (χ4v) is 3.16. The average Bonchev–Trinajstić information content (AvgIpc) is 2.56. The Labute approximate surface area is 146 Å². The van der Waals surface area contributed by atoms with Crippen molar-refractivity contribution in [2.75, 3.05) is 42.9 Å². The van der Waals surface area contributed by atoms with E-state index in [2.05, 4.69) is 10.2 Å². The Hall–Kier alpha value is -2.24. The number of phenols is 1. The third-order valence-corrected chi connectivity index (χ3v) is 4.45. The number of nitrogens with one attached hydrogen (secondary N) is 2. The van der Waals surface area contributed by atoms with Crippen LogP contribution in [-0.2, 0) is 4.79 Å². The van der Waals surface area contributed by atoms with Crippen molar-refractivity contribution in [2.45, 2.75) is 0 Å². The second kappa shape index (κ2) is 7.55. The van der Waals surface area contributed by atoms with Crippen LogP contribution in [0.3, 0.4) is 0 Å². The van der Waals surface area contributed by atoms with Gasteiger partial charge in [0, 0.05) is 10.7 Å². The molecule has 0 atom stereocenters. The monoisotopic (exact) mass is 346 g/mol. The van der Waals surface area contributed by atoms with Gasteiger partial charge in [-0.25, -0.2) is 0 Å². The minimum absolute atomic E-state index is 0.0109. The van der Waals surface area contributed by atoms with Gasteiger partial charge in [0.05, 0.1) is 31.9 Å². The summed E-state index contributed by atoms with van der Waals surface area (Å²) in [6.07, 6.45) is 0. The number of piperazine rings is 1.